The van der Waals surface area contributed by atoms with Crippen molar-refractivity contribution in [3.05, 3.63) is 69.0 Å². The monoisotopic (exact) mass is 358 g/mol. The molecule has 0 spiro atoms. The van der Waals surface area contributed by atoms with Crippen molar-refractivity contribution in [1.82, 2.24) is 9.55 Å². The lowest BCUT2D eigenvalue weighted by molar-refractivity contribution is -0.153. The summed E-state index contributed by atoms with van der Waals surface area (Å²) in [4.78, 5) is 37.3. The molecular formula is C18H18N2O6. The van der Waals surface area contributed by atoms with Crippen LogP contribution in [0.25, 0.3) is 0 Å². The van der Waals surface area contributed by atoms with Crippen LogP contribution in [-0.4, -0.2) is 33.6 Å². The van der Waals surface area contributed by atoms with E-state index in [0.29, 0.717) is 0 Å². The fourth-order valence-electron chi connectivity index (χ4n) is 3.40. The molecule has 0 amide bonds. The van der Waals surface area contributed by atoms with E-state index in [1.54, 1.807) is 0 Å². The molecule has 1 unspecified atom stereocenters. The van der Waals surface area contributed by atoms with Gasteiger partial charge in [0, 0.05) is 24.2 Å². The van der Waals surface area contributed by atoms with Gasteiger partial charge in [-0.2, -0.15) is 0 Å². The number of nitrogens with one attached hydrogen (secondary N) is 1. The molecule has 0 aliphatic carbocycles. The van der Waals surface area contributed by atoms with Crippen LogP contribution in [0.4, 0.5) is 0 Å². The normalized spacial score (nSPS) is 30.3. The minimum absolute atomic E-state index is 0.0463. The molecular weight excluding hydrogens is 340 g/mol. The number of rotatable bonds is 4. The maximum atomic E-state index is 12.2. The van der Waals surface area contributed by atoms with Gasteiger partial charge in [0.1, 0.15) is 18.0 Å². The van der Waals surface area contributed by atoms with Crippen molar-refractivity contribution in [2.45, 2.75) is 44.2 Å². The molecule has 2 aliphatic heterocycles. The van der Waals surface area contributed by atoms with Crippen LogP contribution >= 0.6 is 0 Å². The van der Waals surface area contributed by atoms with Crippen LogP contribution in [0.15, 0.2) is 52.2 Å². The number of fused-ring (bicyclic) bond motifs is 1. The molecule has 5 atom stereocenters. The summed E-state index contributed by atoms with van der Waals surface area (Å²) >= 11 is 0. The molecule has 1 aromatic heterocycles. The van der Waals surface area contributed by atoms with Crippen LogP contribution in [0.1, 0.15) is 31.4 Å². The van der Waals surface area contributed by atoms with Crippen LogP contribution < -0.4 is 11.2 Å². The average Bonchev–Trinajstić information content (AvgIpc) is 3.16. The molecule has 1 aromatic carbocycles. The van der Waals surface area contributed by atoms with Gasteiger partial charge in [-0.3, -0.25) is 19.1 Å². The Balaban J connectivity index is 1.67. The van der Waals surface area contributed by atoms with Gasteiger partial charge in [-0.25, -0.2) is 4.79 Å². The van der Waals surface area contributed by atoms with Gasteiger partial charge in [0.25, 0.3) is 5.56 Å². The summed E-state index contributed by atoms with van der Waals surface area (Å²) in [5, 5.41) is 0. The highest BCUT2D eigenvalue weighted by atomic mass is 16.8. The molecule has 3 heterocycles. The summed E-state index contributed by atoms with van der Waals surface area (Å²) in [5.74, 6) is -0.0463. The minimum atomic E-state index is -0.789. The number of ether oxygens (including phenoxy) is 3. The van der Waals surface area contributed by atoms with E-state index >= 15 is 0 Å². The number of hydrogen-bond donors (Lipinski definition) is 1. The standard InChI is InChI=1S/C18H18N2O6/c1-10(21)9-12-14-15(26-17(25-14)11-5-3-2-4-6-11)16(24-12)20-8-7-13(22)19-18(20)23/h2-8,12,14-17H,9H2,1H3,(H,19,22,23)/t12-,14-,15-,16-,17?/m1/s1. The summed E-state index contributed by atoms with van der Waals surface area (Å²) in [6.07, 6.45) is -1.48. The molecule has 8 heteroatoms. The number of hydrogen-bond acceptors (Lipinski definition) is 6. The first-order valence-corrected chi connectivity index (χ1v) is 8.35. The van der Waals surface area contributed by atoms with Crippen LogP contribution in [0.5, 0.6) is 0 Å². The first kappa shape index (κ1) is 16.9. The number of aromatic nitrogens is 2. The highest BCUT2D eigenvalue weighted by Crippen LogP contribution is 2.44. The maximum Gasteiger partial charge on any atom is 0.330 e. The third kappa shape index (κ3) is 3.03. The fraction of sp³-hybridized carbons (Fsp3) is 0.389. The molecule has 8 nitrogen and oxygen atoms in total. The third-order valence-corrected chi connectivity index (χ3v) is 4.53. The Labute approximate surface area is 148 Å². The molecule has 0 radical (unpaired) electrons. The van der Waals surface area contributed by atoms with Crippen molar-refractivity contribution < 1.29 is 19.0 Å². The molecule has 1 N–H and O–H groups in total. The number of benzene rings is 1. The zero-order valence-electron chi connectivity index (χ0n) is 14.0. The summed E-state index contributed by atoms with van der Waals surface area (Å²) in [6, 6.07) is 10.7. The first-order chi connectivity index (χ1) is 12.5. The Morgan fingerprint density at radius 1 is 1.08 bits per heavy atom. The molecule has 0 bridgehead atoms. The second-order valence-corrected chi connectivity index (χ2v) is 6.43. The lowest BCUT2D eigenvalue weighted by Crippen LogP contribution is -2.36. The number of Topliss-reactive ketones (excluding diaryl/α,β-unsaturated/α-hetero) is 1. The third-order valence-electron chi connectivity index (χ3n) is 4.53. The number of ketones is 1. The second kappa shape index (κ2) is 6.64. The number of H-pyrrole nitrogens is 1. The van der Waals surface area contributed by atoms with Crippen LogP contribution in [0.3, 0.4) is 0 Å². The van der Waals surface area contributed by atoms with E-state index in [4.69, 9.17) is 14.2 Å². The Hall–Kier alpha value is -2.55. The van der Waals surface area contributed by atoms with E-state index < -0.39 is 42.1 Å². The molecule has 2 aliphatic rings. The second-order valence-electron chi connectivity index (χ2n) is 6.43. The zero-order valence-corrected chi connectivity index (χ0v) is 14.0. The summed E-state index contributed by atoms with van der Waals surface area (Å²) < 4.78 is 19.2. The van der Waals surface area contributed by atoms with E-state index in [2.05, 4.69) is 4.98 Å². The lowest BCUT2D eigenvalue weighted by atomic mass is 10.1. The maximum absolute atomic E-state index is 12.2. The van der Waals surface area contributed by atoms with Crippen molar-refractivity contribution in [2.75, 3.05) is 0 Å². The topological polar surface area (TPSA) is 99.6 Å². The summed E-state index contributed by atoms with van der Waals surface area (Å²) in [7, 11) is 0. The highest BCUT2D eigenvalue weighted by molar-refractivity contribution is 5.76. The zero-order chi connectivity index (χ0) is 18.3. The Morgan fingerprint density at radius 3 is 2.50 bits per heavy atom. The SMILES string of the molecule is CC(=O)C[C@H]1O[C@@H](n2ccc(=O)[nH]c2=O)[C@@H]2OC(c3ccccc3)O[C@@H]21. The predicted molar refractivity (Wildman–Crippen MR) is 89.5 cm³/mol. The molecule has 136 valence electrons. The number of nitrogens with zero attached hydrogens (tertiary/aromatic N) is 1. The molecule has 26 heavy (non-hydrogen) atoms. The Bertz CT molecular complexity index is 921. The van der Waals surface area contributed by atoms with Gasteiger partial charge in [0.2, 0.25) is 0 Å². The van der Waals surface area contributed by atoms with E-state index in [9.17, 15) is 14.4 Å². The average molecular weight is 358 g/mol. The van der Waals surface area contributed by atoms with Crippen molar-refractivity contribution in [2.24, 2.45) is 0 Å². The Morgan fingerprint density at radius 2 is 1.81 bits per heavy atom. The van der Waals surface area contributed by atoms with Gasteiger partial charge < -0.3 is 14.2 Å². The Kier molecular flexibility index (Phi) is 4.31. The molecule has 4 rings (SSSR count). The number of carbonyl (C=O) groups is 1. The van der Waals surface area contributed by atoms with Gasteiger partial charge >= 0.3 is 5.69 Å². The lowest BCUT2D eigenvalue weighted by Gasteiger charge is -2.21. The molecule has 2 fully saturated rings. The summed E-state index contributed by atoms with van der Waals surface area (Å²) in [6.45, 7) is 1.47. The smallest absolute Gasteiger partial charge is 0.330 e. The fourth-order valence-corrected chi connectivity index (χ4v) is 3.40. The minimum Gasteiger partial charge on any atom is -0.348 e. The van der Waals surface area contributed by atoms with E-state index in [1.807, 2.05) is 30.3 Å². The quantitative estimate of drug-likeness (QED) is 0.872. The molecule has 2 aromatic rings. The van der Waals surface area contributed by atoms with Gasteiger partial charge in [-0.1, -0.05) is 30.3 Å². The summed E-state index contributed by atoms with van der Waals surface area (Å²) in [5.41, 5.74) is -0.251. The van der Waals surface area contributed by atoms with E-state index in [0.717, 1.165) is 5.56 Å². The molecule has 0 saturated carbocycles. The van der Waals surface area contributed by atoms with E-state index in [-0.39, 0.29) is 12.2 Å². The van der Waals surface area contributed by atoms with Gasteiger partial charge in [-0.15, -0.1) is 0 Å². The van der Waals surface area contributed by atoms with Gasteiger partial charge in [0.05, 0.1) is 6.10 Å². The van der Waals surface area contributed by atoms with Crippen molar-refractivity contribution in [3.8, 4) is 0 Å². The number of aromatic amines is 1. The predicted octanol–water partition coefficient (Wildman–Crippen LogP) is 0.896. The number of carbonyl (C=O) groups excluding carboxylic acids is 1. The van der Waals surface area contributed by atoms with Crippen LogP contribution in [-0.2, 0) is 19.0 Å². The van der Waals surface area contributed by atoms with Crippen LogP contribution in [0.2, 0.25) is 0 Å². The van der Waals surface area contributed by atoms with Gasteiger partial charge in [-0.05, 0) is 6.92 Å². The molecule has 2 saturated heterocycles. The first-order valence-electron chi connectivity index (χ1n) is 8.35. The van der Waals surface area contributed by atoms with Crippen molar-refractivity contribution >= 4 is 5.78 Å². The largest absolute Gasteiger partial charge is 0.348 e. The van der Waals surface area contributed by atoms with Crippen molar-refractivity contribution in [3.63, 3.8) is 0 Å². The van der Waals surface area contributed by atoms with E-state index in [1.165, 1.54) is 23.8 Å². The van der Waals surface area contributed by atoms with Gasteiger partial charge in [0.15, 0.2) is 12.5 Å². The van der Waals surface area contributed by atoms with Crippen molar-refractivity contribution in [1.29, 1.82) is 0 Å². The highest BCUT2D eigenvalue weighted by Gasteiger charge is 2.54. The van der Waals surface area contributed by atoms with Crippen LogP contribution in [0, 0.1) is 0 Å².